The second kappa shape index (κ2) is 7.28. The first kappa shape index (κ1) is 19.4. The van der Waals surface area contributed by atoms with Crippen LogP contribution in [0.5, 0.6) is 0 Å². The minimum atomic E-state index is -0.148. The molecule has 0 aromatic heterocycles. The standard InChI is InChI=1S/C22H24Cl2N2O3/c23-15-2-1-3-16(19(15)24)25-20(27)11-6-8-14(9-7-11)26-21(28)17-12-4-5-13(10-12)18(17)22(26)29/h1-3,11-14,17-18H,4-10H2,(H,25,27)/t11?,12-,13+,14?,17+,18-. The molecule has 1 aromatic rings. The molecule has 0 unspecified atom stereocenters. The number of halogens is 2. The molecule has 4 aliphatic rings. The van der Waals surface area contributed by atoms with E-state index in [0.29, 0.717) is 53.3 Å². The van der Waals surface area contributed by atoms with E-state index in [9.17, 15) is 14.4 Å². The Bertz CT molecular complexity index is 853. The smallest absolute Gasteiger partial charge is 0.233 e. The molecule has 29 heavy (non-hydrogen) atoms. The van der Waals surface area contributed by atoms with E-state index in [-0.39, 0.29) is 41.5 Å². The summed E-state index contributed by atoms with van der Waals surface area (Å²) in [5, 5.41) is 3.61. The van der Waals surface area contributed by atoms with Crippen LogP contribution in [0.2, 0.25) is 10.0 Å². The van der Waals surface area contributed by atoms with Crippen LogP contribution in [0, 0.1) is 29.6 Å². The minimum absolute atomic E-state index is 0.0567. The molecule has 3 aliphatic carbocycles. The number of nitrogens with one attached hydrogen (secondary N) is 1. The van der Waals surface area contributed by atoms with Crippen LogP contribution < -0.4 is 5.32 Å². The summed E-state index contributed by atoms with van der Waals surface area (Å²) in [6, 6.07) is 5.09. The van der Waals surface area contributed by atoms with Crippen molar-refractivity contribution in [1.82, 2.24) is 4.90 Å². The first-order valence-electron chi connectivity index (χ1n) is 10.6. The molecule has 0 radical (unpaired) electrons. The zero-order valence-corrected chi connectivity index (χ0v) is 17.6. The van der Waals surface area contributed by atoms with Crippen molar-refractivity contribution in [3.8, 4) is 0 Å². The number of likely N-dealkylation sites (tertiary alicyclic amines) is 1. The Morgan fingerprint density at radius 3 is 2.17 bits per heavy atom. The lowest BCUT2D eigenvalue weighted by atomic mass is 9.81. The van der Waals surface area contributed by atoms with Crippen molar-refractivity contribution in [2.75, 3.05) is 5.32 Å². The largest absolute Gasteiger partial charge is 0.324 e. The molecule has 7 heteroatoms. The topological polar surface area (TPSA) is 66.5 Å². The first-order valence-corrected chi connectivity index (χ1v) is 11.3. The van der Waals surface area contributed by atoms with E-state index >= 15 is 0 Å². The molecule has 2 bridgehead atoms. The number of fused-ring (bicyclic) bond motifs is 5. The number of carbonyl (C=O) groups is 3. The number of amides is 3. The molecular weight excluding hydrogens is 411 g/mol. The highest BCUT2D eigenvalue weighted by atomic mass is 35.5. The van der Waals surface area contributed by atoms with Crippen molar-refractivity contribution < 1.29 is 14.4 Å². The Morgan fingerprint density at radius 1 is 0.931 bits per heavy atom. The van der Waals surface area contributed by atoms with Gasteiger partial charge >= 0.3 is 0 Å². The number of anilines is 1. The minimum Gasteiger partial charge on any atom is -0.324 e. The van der Waals surface area contributed by atoms with Crippen LogP contribution in [-0.4, -0.2) is 28.7 Å². The number of hydrogen-bond acceptors (Lipinski definition) is 3. The Hall–Kier alpha value is -1.59. The molecule has 1 heterocycles. The van der Waals surface area contributed by atoms with Crippen molar-refractivity contribution >= 4 is 46.6 Å². The summed E-state index contributed by atoms with van der Waals surface area (Å²) in [4.78, 5) is 40.3. The molecule has 5 rings (SSSR count). The highest BCUT2D eigenvalue weighted by Crippen LogP contribution is 2.56. The zero-order chi connectivity index (χ0) is 20.3. The third-order valence-corrected chi connectivity index (χ3v) is 8.42. The molecule has 154 valence electrons. The summed E-state index contributed by atoms with van der Waals surface area (Å²) in [6.07, 6.45) is 5.94. The van der Waals surface area contributed by atoms with E-state index < -0.39 is 0 Å². The summed E-state index contributed by atoms with van der Waals surface area (Å²) < 4.78 is 0. The van der Waals surface area contributed by atoms with Crippen LogP contribution in [0.1, 0.15) is 44.9 Å². The van der Waals surface area contributed by atoms with Crippen LogP contribution >= 0.6 is 23.2 Å². The van der Waals surface area contributed by atoms with Gasteiger partial charge in [-0.15, -0.1) is 0 Å². The van der Waals surface area contributed by atoms with E-state index in [1.807, 2.05) is 0 Å². The van der Waals surface area contributed by atoms with Crippen LogP contribution in [0.4, 0.5) is 5.69 Å². The molecule has 3 saturated carbocycles. The van der Waals surface area contributed by atoms with Gasteiger partial charge in [-0.1, -0.05) is 29.3 Å². The zero-order valence-electron chi connectivity index (χ0n) is 16.1. The molecule has 0 spiro atoms. The predicted octanol–water partition coefficient (Wildman–Crippen LogP) is 4.52. The van der Waals surface area contributed by atoms with Gasteiger partial charge in [0.2, 0.25) is 17.7 Å². The van der Waals surface area contributed by atoms with E-state index in [2.05, 4.69) is 5.32 Å². The summed E-state index contributed by atoms with van der Waals surface area (Å²) in [5.74, 6) is 0.592. The van der Waals surface area contributed by atoms with Gasteiger partial charge in [-0.3, -0.25) is 19.3 Å². The molecule has 1 N–H and O–H groups in total. The number of imide groups is 1. The second-order valence-corrected chi connectivity index (χ2v) is 9.81. The van der Waals surface area contributed by atoms with Crippen molar-refractivity contribution in [3.63, 3.8) is 0 Å². The quantitative estimate of drug-likeness (QED) is 0.710. The Balaban J connectivity index is 1.22. The Morgan fingerprint density at radius 2 is 1.55 bits per heavy atom. The maximum absolute atomic E-state index is 13.0. The summed E-state index contributed by atoms with van der Waals surface area (Å²) in [6.45, 7) is 0. The lowest BCUT2D eigenvalue weighted by molar-refractivity contribution is -0.144. The molecule has 4 atom stereocenters. The fourth-order valence-corrected chi connectivity index (χ4v) is 6.57. The maximum Gasteiger partial charge on any atom is 0.233 e. The average molecular weight is 435 g/mol. The number of hydrogen-bond donors (Lipinski definition) is 1. The summed E-state index contributed by atoms with van der Waals surface area (Å²) >= 11 is 12.2. The fraction of sp³-hybridized carbons (Fsp3) is 0.591. The molecule has 3 amide bonds. The van der Waals surface area contributed by atoms with Gasteiger partial charge < -0.3 is 5.32 Å². The molecule has 4 fully saturated rings. The molecule has 1 aromatic carbocycles. The van der Waals surface area contributed by atoms with E-state index in [0.717, 1.165) is 19.3 Å². The Labute approximate surface area is 180 Å². The molecule has 1 aliphatic heterocycles. The molecular formula is C22H24Cl2N2O3. The second-order valence-electron chi connectivity index (χ2n) is 9.03. The van der Waals surface area contributed by atoms with Gasteiger partial charge in [-0.25, -0.2) is 0 Å². The van der Waals surface area contributed by atoms with Gasteiger partial charge in [-0.05, 0) is 68.9 Å². The van der Waals surface area contributed by atoms with Gasteiger partial charge in [0.15, 0.2) is 0 Å². The van der Waals surface area contributed by atoms with Crippen LogP contribution in [0.15, 0.2) is 18.2 Å². The van der Waals surface area contributed by atoms with Gasteiger partial charge in [0.25, 0.3) is 0 Å². The van der Waals surface area contributed by atoms with Crippen molar-refractivity contribution in [1.29, 1.82) is 0 Å². The number of nitrogens with zero attached hydrogens (tertiary/aromatic N) is 1. The van der Waals surface area contributed by atoms with Gasteiger partial charge in [0, 0.05) is 12.0 Å². The van der Waals surface area contributed by atoms with Crippen molar-refractivity contribution in [3.05, 3.63) is 28.2 Å². The van der Waals surface area contributed by atoms with Gasteiger partial charge in [0.05, 0.1) is 27.6 Å². The normalized spacial score (nSPS) is 35.9. The predicted molar refractivity (Wildman–Crippen MR) is 111 cm³/mol. The lowest BCUT2D eigenvalue weighted by Gasteiger charge is -2.33. The van der Waals surface area contributed by atoms with E-state index in [4.69, 9.17) is 23.2 Å². The Kier molecular flexibility index (Phi) is 4.86. The fourth-order valence-electron chi connectivity index (χ4n) is 6.22. The summed E-state index contributed by atoms with van der Waals surface area (Å²) in [7, 11) is 0. The van der Waals surface area contributed by atoms with Crippen molar-refractivity contribution in [2.45, 2.75) is 51.0 Å². The number of rotatable bonds is 3. The molecule has 5 nitrogen and oxygen atoms in total. The summed E-state index contributed by atoms with van der Waals surface area (Å²) in [5.41, 5.74) is 0.513. The first-order chi connectivity index (χ1) is 14.0. The maximum atomic E-state index is 13.0. The number of benzene rings is 1. The van der Waals surface area contributed by atoms with Crippen LogP contribution in [-0.2, 0) is 14.4 Å². The van der Waals surface area contributed by atoms with E-state index in [1.165, 1.54) is 0 Å². The lowest BCUT2D eigenvalue weighted by Crippen LogP contribution is -2.44. The molecule has 1 saturated heterocycles. The SMILES string of the molecule is O=C(Nc1cccc(Cl)c1Cl)C1CCC(N2C(=O)[C@@H]3[C@H]4CC[C@H](C4)[C@@H]3C2=O)CC1. The van der Waals surface area contributed by atoms with Crippen LogP contribution in [0.3, 0.4) is 0 Å². The third kappa shape index (κ3) is 3.09. The number of carbonyl (C=O) groups excluding carboxylic acids is 3. The van der Waals surface area contributed by atoms with Crippen LogP contribution in [0.25, 0.3) is 0 Å². The van der Waals surface area contributed by atoms with Gasteiger partial charge in [0.1, 0.15) is 0 Å². The highest BCUT2D eigenvalue weighted by Gasteiger charge is 2.61. The van der Waals surface area contributed by atoms with Crippen molar-refractivity contribution in [2.24, 2.45) is 29.6 Å². The third-order valence-electron chi connectivity index (χ3n) is 7.60. The monoisotopic (exact) mass is 434 g/mol. The highest BCUT2D eigenvalue weighted by molar-refractivity contribution is 6.44. The van der Waals surface area contributed by atoms with E-state index in [1.54, 1.807) is 23.1 Å². The van der Waals surface area contributed by atoms with Gasteiger partial charge in [-0.2, -0.15) is 0 Å². The average Bonchev–Trinajstić information content (AvgIpc) is 3.39.